The molecular formula is C7H9ClN4O3S. The molecule has 0 aromatic carbocycles. The van der Waals surface area contributed by atoms with Crippen LogP contribution in [0.5, 0.6) is 0 Å². The number of amides is 1. The molecule has 1 rings (SSSR count). The van der Waals surface area contributed by atoms with Crippen molar-refractivity contribution >= 4 is 34.4 Å². The molecule has 0 saturated heterocycles. The maximum Gasteiger partial charge on any atom is 0.216 e. The average molecular weight is 265 g/mol. The number of thioether (sulfide) groups is 1. The molecular weight excluding hydrogens is 256 g/mol. The van der Waals surface area contributed by atoms with Gasteiger partial charge >= 0.3 is 0 Å². The zero-order chi connectivity index (χ0) is 12.0. The molecule has 0 atom stereocenters. The van der Waals surface area contributed by atoms with Crippen molar-refractivity contribution < 1.29 is 14.6 Å². The van der Waals surface area contributed by atoms with Gasteiger partial charge in [-0.2, -0.15) is 0 Å². The van der Waals surface area contributed by atoms with Gasteiger partial charge in [0.2, 0.25) is 5.91 Å². The molecule has 0 aliphatic rings. The van der Waals surface area contributed by atoms with Crippen LogP contribution in [0.3, 0.4) is 0 Å². The molecule has 0 aliphatic carbocycles. The van der Waals surface area contributed by atoms with Gasteiger partial charge < -0.3 is 10.5 Å². The van der Waals surface area contributed by atoms with E-state index >= 15 is 0 Å². The maximum atomic E-state index is 10.6. The third-order valence-corrected chi connectivity index (χ3v) is 2.66. The summed E-state index contributed by atoms with van der Waals surface area (Å²) in [7, 11) is 0. The van der Waals surface area contributed by atoms with E-state index in [0.29, 0.717) is 17.3 Å². The average Bonchev–Trinajstić information content (AvgIpc) is 2.71. The van der Waals surface area contributed by atoms with Crippen molar-refractivity contribution in [3.63, 3.8) is 0 Å². The lowest BCUT2D eigenvalue weighted by atomic mass is 10.5. The van der Waals surface area contributed by atoms with Crippen molar-refractivity contribution in [2.45, 2.75) is 11.9 Å². The van der Waals surface area contributed by atoms with Crippen molar-refractivity contribution in [2.75, 3.05) is 12.3 Å². The third-order valence-electron chi connectivity index (χ3n) is 1.46. The smallest absolute Gasteiger partial charge is 0.216 e. The summed E-state index contributed by atoms with van der Waals surface area (Å²) < 4.78 is 4.46. The summed E-state index contributed by atoms with van der Waals surface area (Å²) in [6.45, 7) is 1.92. The number of nitrogens with zero attached hydrogens (tertiary/aromatic N) is 3. The highest BCUT2D eigenvalue weighted by Gasteiger charge is 2.15. The molecule has 88 valence electrons. The van der Waals surface area contributed by atoms with E-state index in [9.17, 15) is 4.79 Å². The SMILES string of the molecule is CC(=O)NCCSc1nonc1/C(Cl)=N/O. The summed E-state index contributed by atoms with van der Waals surface area (Å²) in [4.78, 5) is 10.6. The van der Waals surface area contributed by atoms with Gasteiger partial charge in [-0.3, -0.25) is 4.79 Å². The number of hydrogen-bond acceptors (Lipinski definition) is 7. The second-order valence-electron chi connectivity index (χ2n) is 2.64. The van der Waals surface area contributed by atoms with Crippen molar-refractivity contribution in [3.8, 4) is 0 Å². The van der Waals surface area contributed by atoms with E-state index in [1.54, 1.807) is 0 Å². The van der Waals surface area contributed by atoms with E-state index in [2.05, 4.69) is 25.4 Å². The number of aromatic nitrogens is 2. The predicted octanol–water partition coefficient (Wildman–Crippen LogP) is 0.672. The molecule has 1 heterocycles. The summed E-state index contributed by atoms with van der Waals surface area (Å²) in [5.41, 5.74) is 0.178. The fourth-order valence-corrected chi connectivity index (χ4v) is 1.76. The van der Waals surface area contributed by atoms with E-state index in [1.807, 2.05) is 0 Å². The van der Waals surface area contributed by atoms with Crippen molar-refractivity contribution in [1.82, 2.24) is 15.6 Å². The second-order valence-corrected chi connectivity index (χ2v) is 4.08. The van der Waals surface area contributed by atoms with Crippen LogP contribution in [0.25, 0.3) is 0 Å². The van der Waals surface area contributed by atoms with Gasteiger partial charge in [-0.05, 0) is 10.3 Å². The van der Waals surface area contributed by atoms with Crippen molar-refractivity contribution in [1.29, 1.82) is 0 Å². The Morgan fingerprint density at radius 2 is 2.44 bits per heavy atom. The van der Waals surface area contributed by atoms with Gasteiger partial charge in [0.1, 0.15) is 0 Å². The summed E-state index contributed by atoms with van der Waals surface area (Å²) in [5, 5.41) is 21.2. The highest BCUT2D eigenvalue weighted by Crippen LogP contribution is 2.20. The predicted molar refractivity (Wildman–Crippen MR) is 57.9 cm³/mol. The van der Waals surface area contributed by atoms with Gasteiger partial charge in [0, 0.05) is 19.2 Å². The molecule has 0 saturated carbocycles. The summed E-state index contributed by atoms with van der Waals surface area (Å²) in [6, 6.07) is 0. The van der Waals surface area contributed by atoms with Crippen LogP contribution in [0.1, 0.15) is 12.6 Å². The molecule has 9 heteroatoms. The Morgan fingerprint density at radius 1 is 1.69 bits per heavy atom. The monoisotopic (exact) mass is 264 g/mol. The van der Waals surface area contributed by atoms with E-state index in [1.165, 1.54) is 18.7 Å². The Balaban J connectivity index is 2.48. The minimum Gasteiger partial charge on any atom is -0.410 e. The topological polar surface area (TPSA) is 101 Å². The van der Waals surface area contributed by atoms with Gasteiger partial charge in [0.05, 0.1) is 0 Å². The van der Waals surface area contributed by atoms with Crippen LogP contribution in [0.15, 0.2) is 14.8 Å². The lowest BCUT2D eigenvalue weighted by Crippen LogP contribution is -2.22. The Morgan fingerprint density at radius 3 is 3.06 bits per heavy atom. The Bertz CT molecular complexity index is 395. The summed E-state index contributed by atoms with van der Waals surface area (Å²) >= 11 is 6.84. The molecule has 0 radical (unpaired) electrons. The zero-order valence-electron chi connectivity index (χ0n) is 8.31. The van der Waals surface area contributed by atoms with Gasteiger partial charge in [-0.15, -0.1) is 0 Å². The minimum atomic E-state index is -0.191. The van der Waals surface area contributed by atoms with Gasteiger partial charge in [-0.1, -0.05) is 28.5 Å². The summed E-state index contributed by atoms with van der Waals surface area (Å²) in [5.74, 6) is 0.477. The van der Waals surface area contributed by atoms with Crippen LogP contribution in [0, 0.1) is 0 Å². The van der Waals surface area contributed by atoms with Gasteiger partial charge in [-0.25, -0.2) is 4.63 Å². The van der Waals surface area contributed by atoms with Gasteiger partial charge in [0.15, 0.2) is 15.9 Å². The normalized spacial score (nSPS) is 11.5. The number of nitrogens with one attached hydrogen (secondary N) is 1. The number of oxime groups is 1. The lowest BCUT2D eigenvalue weighted by molar-refractivity contribution is -0.118. The van der Waals surface area contributed by atoms with Crippen LogP contribution in [0.2, 0.25) is 0 Å². The number of hydrogen-bond donors (Lipinski definition) is 2. The van der Waals surface area contributed by atoms with E-state index in [-0.39, 0.29) is 16.8 Å². The molecule has 0 bridgehead atoms. The van der Waals surface area contributed by atoms with E-state index in [4.69, 9.17) is 16.8 Å². The van der Waals surface area contributed by atoms with Crippen LogP contribution < -0.4 is 5.32 Å². The van der Waals surface area contributed by atoms with Crippen LogP contribution in [-0.2, 0) is 4.79 Å². The third kappa shape index (κ3) is 3.70. The molecule has 2 N–H and O–H groups in total. The minimum absolute atomic E-state index is 0.103. The number of carbonyl (C=O) groups excluding carboxylic acids is 1. The molecule has 0 unspecified atom stereocenters. The van der Waals surface area contributed by atoms with Crippen LogP contribution in [-0.4, -0.2) is 38.9 Å². The standard InChI is InChI=1S/C7H9ClN4O3S/c1-4(13)9-2-3-16-7-5(6(8)10-14)11-15-12-7/h14H,2-3H2,1H3,(H,9,13)/b10-6-. The molecule has 1 aromatic heterocycles. The van der Waals surface area contributed by atoms with Gasteiger partial charge in [0.25, 0.3) is 0 Å². The maximum absolute atomic E-state index is 10.6. The number of halogens is 1. The lowest BCUT2D eigenvalue weighted by Gasteiger charge is -1.99. The van der Waals surface area contributed by atoms with E-state index in [0.717, 1.165) is 0 Å². The first-order valence-electron chi connectivity index (χ1n) is 4.23. The number of rotatable bonds is 5. The molecule has 1 aromatic rings. The summed E-state index contributed by atoms with van der Waals surface area (Å²) in [6.07, 6.45) is 0. The fraction of sp³-hybridized carbons (Fsp3) is 0.429. The fourth-order valence-electron chi connectivity index (χ4n) is 0.823. The zero-order valence-corrected chi connectivity index (χ0v) is 9.88. The first-order chi connectivity index (χ1) is 7.65. The van der Waals surface area contributed by atoms with Crippen LogP contribution in [0.4, 0.5) is 0 Å². The Kier molecular flexibility index (Phi) is 5.06. The highest BCUT2D eigenvalue weighted by atomic mass is 35.5. The second kappa shape index (κ2) is 6.33. The molecule has 0 aliphatic heterocycles. The first-order valence-corrected chi connectivity index (χ1v) is 5.59. The molecule has 7 nitrogen and oxygen atoms in total. The first kappa shape index (κ1) is 12.8. The quantitative estimate of drug-likeness (QED) is 0.267. The van der Waals surface area contributed by atoms with Crippen LogP contribution >= 0.6 is 23.4 Å². The van der Waals surface area contributed by atoms with Crippen molar-refractivity contribution in [3.05, 3.63) is 5.69 Å². The number of carbonyl (C=O) groups is 1. The molecule has 16 heavy (non-hydrogen) atoms. The Labute approximate surface area is 100 Å². The highest BCUT2D eigenvalue weighted by molar-refractivity contribution is 7.99. The molecule has 0 fully saturated rings. The Hall–Kier alpha value is -1.28. The molecule has 0 spiro atoms. The van der Waals surface area contributed by atoms with Crippen molar-refractivity contribution in [2.24, 2.45) is 5.16 Å². The molecule has 1 amide bonds. The largest absolute Gasteiger partial charge is 0.410 e. The van der Waals surface area contributed by atoms with E-state index < -0.39 is 0 Å².